The first-order valence-corrected chi connectivity index (χ1v) is 8.81. The summed E-state index contributed by atoms with van der Waals surface area (Å²) in [6, 6.07) is 0. The number of aliphatic hydroxyl groups is 2. The number of rotatable bonds is 12. The van der Waals surface area contributed by atoms with E-state index in [9.17, 15) is 10.2 Å². The zero-order valence-corrected chi connectivity index (χ0v) is 14.9. The molecule has 0 rings (SSSR count). The van der Waals surface area contributed by atoms with E-state index >= 15 is 0 Å². The zero-order valence-electron chi connectivity index (χ0n) is 14.9. The summed E-state index contributed by atoms with van der Waals surface area (Å²) in [7, 11) is 0. The van der Waals surface area contributed by atoms with E-state index in [1.165, 1.54) is 0 Å². The molecule has 0 spiro atoms. The molecule has 2 N–H and O–H groups in total. The van der Waals surface area contributed by atoms with E-state index in [0.717, 1.165) is 25.7 Å². The van der Waals surface area contributed by atoms with Crippen molar-refractivity contribution in [3.63, 3.8) is 0 Å². The molecule has 0 radical (unpaired) electrons. The molecular weight excluding hydrogens is 284 g/mol. The maximum Gasteiger partial charge on any atom is 0.0982 e. The Morgan fingerprint density at radius 1 is 0.826 bits per heavy atom. The van der Waals surface area contributed by atoms with Crippen LogP contribution in [-0.2, 0) is 0 Å². The first-order valence-electron chi connectivity index (χ1n) is 8.81. The Bertz CT molecular complexity index is 402. The van der Waals surface area contributed by atoms with Crippen molar-refractivity contribution in [2.45, 2.75) is 65.1 Å². The molecule has 2 nitrogen and oxygen atoms in total. The SMILES string of the molecule is CC/C=C\C[C@@H](C)/C=C/C=C\C=C\C=C\[C@@H](O)[C@@H](O)CCCC. The molecule has 0 amide bonds. The highest BCUT2D eigenvalue weighted by Crippen LogP contribution is 2.06. The number of aliphatic hydroxyl groups excluding tert-OH is 2. The summed E-state index contributed by atoms with van der Waals surface area (Å²) in [6.45, 7) is 6.42. The Labute approximate surface area is 142 Å². The Morgan fingerprint density at radius 2 is 1.43 bits per heavy atom. The van der Waals surface area contributed by atoms with Gasteiger partial charge >= 0.3 is 0 Å². The van der Waals surface area contributed by atoms with Gasteiger partial charge in [0.2, 0.25) is 0 Å². The lowest BCUT2D eigenvalue weighted by Gasteiger charge is -2.13. The van der Waals surface area contributed by atoms with E-state index in [1.807, 2.05) is 24.3 Å². The quantitative estimate of drug-likeness (QED) is 0.387. The van der Waals surface area contributed by atoms with Crippen molar-refractivity contribution in [2.75, 3.05) is 0 Å². The van der Waals surface area contributed by atoms with Crippen molar-refractivity contribution in [1.29, 1.82) is 0 Å². The van der Waals surface area contributed by atoms with E-state index in [4.69, 9.17) is 0 Å². The van der Waals surface area contributed by atoms with E-state index in [2.05, 4.69) is 45.1 Å². The van der Waals surface area contributed by atoms with Gasteiger partial charge in [-0.1, -0.05) is 94.4 Å². The summed E-state index contributed by atoms with van der Waals surface area (Å²) in [5, 5.41) is 19.4. The van der Waals surface area contributed by atoms with Crippen LogP contribution in [0.4, 0.5) is 0 Å². The molecule has 0 aromatic carbocycles. The van der Waals surface area contributed by atoms with Crippen LogP contribution < -0.4 is 0 Å². The first kappa shape index (κ1) is 21.6. The normalized spacial score (nSPS) is 17.3. The van der Waals surface area contributed by atoms with E-state index in [1.54, 1.807) is 12.2 Å². The number of hydrogen-bond acceptors (Lipinski definition) is 2. The van der Waals surface area contributed by atoms with Crippen LogP contribution in [0.25, 0.3) is 0 Å². The standard InChI is InChI=1S/C21H34O2/c1-4-6-12-15-19(3)16-13-10-8-9-11-14-18-21(23)20(22)17-7-5-2/h6,8-14,16,18-23H,4-5,7,15,17H2,1-3H3/b10-8-,11-9+,12-6-,16-13+,18-14+/t19-,20+,21-/m1/s1. The summed E-state index contributed by atoms with van der Waals surface area (Å²) in [6.07, 6.45) is 23.1. The van der Waals surface area contributed by atoms with Gasteiger partial charge in [0.05, 0.1) is 12.2 Å². The third kappa shape index (κ3) is 14.0. The van der Waals surface area contributed by atoms with Gasteiger partial charge in [0.15, 0.2) is 0 Å². The van der Waals surface area contributed by atoms with Crippen molar-refractivity contribution < 1.29 is 10.2 Å². The van der Waals surface area contributed by atoms with Gasteiger partial charge in [-0.25, -0.2) is 0 Å². The van der Waals surface area contributed by atoms with Crippen molar-refractivity contribution in [2.24, 2.45) is 5.92 Å². The van der Waals surface area contributed by atoms with Crippen molar-refractivity contribution in [3.05, 3.63) is 60.8 Å². The second-order valence-electron chi connectivity index (χ2n) is 5.83. The van der Waals surface area contributed by atoms with Crippen molar-refractivity contribution in [1.82, 2.24) is 0 Å². The minimum atomic E-state index is -0.785. The lowest BCUT2D eigenvalue weighted by atomic mass is 10.1. The maximum atomic E-state index is 9.73. The summed E-state index contributed by atoms with van der Waals surface area (Å²) >= 11 is 0. The van der Waals surface area contributed by atoms with Crippen LogP contribution >= 0.6 is 0 Å². The van der Waals surface area contributed by atoms with Crippen LogP contribution in [0.1, 0.15) is 52.9 Å². The van der Waals surface area contributed by atoms with Crippen LogP contribution in [0.3, 0.4) is 0 Å². The largest absolute Gasteiger partial charge is 0.390 e. The highest BCUT2D eigenvalue weighted by Gasteiger charge is 2.11. The van der Waals surface area contributed by atoms with Gasteiger partial charge < -0.3 is 10.2 Å². The molecule has 2 heteroatoms. The highest BCUT2D eigenvalue weighted by molar-refractivity contribution is 5.16. The second-order valence-corrected chi connectivity index (χ2v) is 5.83. The third-order valence-corrected chi connectivity index (χ3v) is 3.46. The molecule has 0 aliphatic carbocycles. The van der Waals surface area contributed by atoms with Gasteiger partial charge in [0.1, 0.15) is 0 Å². The Morgan fingerprint density at radius 3 is 2.04 bits per heavy atom. The summed E-state index contributed by atoms with van der Waals surface area (Å²) in [5.74, 6) is 0.547. The molecule has 23 heavy (non-hydrogen) atoms. The lowest BCUT2D eigenvalue weighted by Crippen LogP contribution is -2.23. The minimum absolute atomic E-state index is 0.547. The molecule has 0 bridgehead atoms. The lowest BCUT2D eigenvalue weighted by molar-refractivity contribution is 0.0418. The molecule has 0 fully saturated rings. The summed E-state index contributed by atoms with van der Waals surface area (Å²) in [5.41, 5.74) is 0. The van der Waals surface area contributed by atoms with Gasteiger partial charge in [0.25, 0.3) is 0 Å². The average molecular weight is 319 g/mol. The molecule has 130 valence electrons. The maximum absolute atomic E-state index is 9.73. The summed E-state index contributed by atoms with van der Waals surface area (Å²) in [4.78, 5) is 0. The second kappa shape index (κ2) is 15.5. The average Bonchev–Trinajstić information content (AvgIpc) is 2.54. The third-order valence-electron chi connectivity index (χ3n) is 3.46. The fourth-order valence-electron chi connectivity index (χ4n) is 1.96. The van der Waals surface area contributed by atoms with Crippen LogP contribution in [0.5, 0.6) is 0 Å². The van der Waals surface area contributed by atoms with E-state index < -0.39 is 12.2 Å². The smallest absolute Gasteiger partial charge is 0.0982 e. The molecule has 0 heterocycles. The number of unbranched alkanes of at least 4 members (excludes halogenated alkanes) is 1. The number of hydrogen-bond donors (Lipinski definition) is 2. The zero-order chi connectivity index (χ0) is 17.3. The Kier molecular flexibility index (Phi) is 14.6. The molecule has 3 atom stereocenters. The van der Waals surface area contributed by atoms with Gasteiger partial charge in [0, 0.05) is 0 Å². The van der Waals surface area contributed by atoms with Crippen LogP contribution in [0, 0.1) is 5.92 Å². The van der Waals surface area contributed by atoms with Crippen LogP contribution in [0.2, 0.25) is 0 Å². The van der Waals surface area contributed by atoms with Gasteiger partial charge in [-0.05, 0) is 25.2 Å². The molecule has 0 aromatic rings. The summed E-state index contributed by atoms with van der Waals surface area (Å²) < 4.78 is 0. The van der Waals surface area contributed by atoms with E-state index in [0.29, 0.717) is 12.3 Å². The number of allylic oxidation sites excluding steroid dienone is 9. The topological polar surface area (TPSA) is 40.5 Å². The molecule has 0 aliphatic rings. The predicted molar refractivity (Wildman–Crippen MR) is 101 cm³/mol. The van der Waals surface area contributed by atoms with Gasteiger partial charge in [-0.3, -0.25) is 0 Å². The monoisotopic (exact) mass is 318 g/mol. The van der Waals surface area contributed by atoms with Crippen LogP contribution in [0.15, 0.2) is 60.8 Å². The fourth-order valence-corrected chi connectivity index (χ4v) is 1.96. The minimum Gasteiger partial charge on any atom is -0.390 e. The predicted octanol–water partition coefficient (Wildman–Crippen LogP) is 5.12. The molecular formula is C21H34O2. The molecule has 0 saturated carbocycles. The molecule has 0 aliphatic heterocycles. The first-order chi connectivity index (χ1) is 11.1. The van der Waals surface area contributed by atoms with Gasteiger partial charge in [-0.2, -0.15) is 0 Å². The van der Waals surface area contributed by atoms with E-state index in [-0.39, 0.29) is 0 Å². The van der Waals surface area contributed by atoms with Gasteiger partial charge in [-0.15, -0.1) is 0 Å². The molecule has 0 saturated heterocycles. The Hall–Kier alpha value is -1.38. The highest BCUT2D eigenvalue weighted by atomic mass is 16.3. The molecule has 0 aromatic heterocycles. The van der Waals surface area contributed by atoms with Crippen LogP contribution in [-0.4, -0.2) is 22.4 Å². The fraction of sp³-hybridized carbons (Fsp3) is 0.524. The molecule has 0 unspecified atom stereocenters. The van der Waals surface area contributed by atoms with Crippen molar-refractivity contribution in [3.8, 4) is 0 Å². The Balaban J connectivity index is 3.99. The van der Waals surface area contributed by atoms with Crippen molar-refractivity contribution >= 4 is 0 Å².